The van der Waals surface area contributed by atoms with E-state index in [0.717, 1.165) is 53.3 Å². The van der Waals surface area contributed by atoms with Crippen molar-refractivity contribution in [3.63, 3.8) is 0 Å². The van der Waals surface area contributed by atoms with Crippen LogP contribution in [0.2, 0.25) is 0 Å². The number of thioether (sulfide) groups is 1. The van der Waals surface area contributed by atoms with Gasteiger partial charge >= 0.3 is 5.97 Å². The lowest BCUT2D eigenvalue weighted by atomic mass is 9.95. The predicted octanol–water partition coefficient (Wildman–Crippen LogP) is 6.19. The summed E-state index contributed by atoms with van der Waals surface area (Å²) >= 11 is 2.80. The SMILES string of the molecule is CCOC(=O)c1c(NC(=O)C(CC)Sc2nnc3c4ccccc4n(C(C)C)c3n2)sc2c1CCCC2. The smallest absolute Gasteiger partial charge is 0.341 e. The Hall–Kier alpha value is -2.98. The number of amides is 1. The van der Waals surface area contributed by atoms with Crippen LogP contribution in [0.15, 0.2) is 29.4 Å². The van der Waals surface area contributed by atoms with Crippen LogP contribution in [-0.4, -0.2) is 43.5 Å². The van der Waals surface area contributed by atoms with Gasteiger partial charge in [0.2, 0.25) is 11.1 Å². The van der Waals surface area contributed by atoms with Gasteiger partial charge in [-0.2, -0.15) is 0 Å². The van der Waals surface area contributed by atoms with Gasteiger partial charge in [-0.15, -0.1) is 21.5 Å². The first kappa shape index (κ1) is 25.7. The zero-order valence-corrected chi connectivity index (χ0v) is 23.2. The molecule has 1 unspecified atom stereocenters. The highest BCUT2D eigenvalue weighted by molar-refractivity contribution is 8.00. The van der Waals surface area contributed by atoms with E-state index in [0.29, 0.717) is 28.7 Å². The van der Waals surface area contributed by atoms with E-state index in [1.807, 2.05) is 25.1 Å². The molecule has 0 radical (unpaired) electrons. The topological polar surface area (TPSA) is 99.0 Å². The molecule has 1 aliphatic carbocycles. The predicted molar refractivity (Wildman–Crippen MR) is 149 cm³/mol. The minimum atomic E-state index is -0.440. The second-order valence-electron chi connectivity index (χ2n) is 9.39. The maximum atomic E-state index is 13.4. The lowest BCUT2D eigenvalue weighted by molar-refractivity contribution is -0.115. The number of aryl methyl sites for hydroxylation is 1. The Kier molecular flexibility index (Phi) is 7.48. The summed E-state index contributed by atoms with van der Waals surface area (Å²) < 4.78 is 7.49. The van der Waals surface area contributed by atoms with E-state index < -0.39 is 5.25 Å². The number of nitrogens with one attached hydrogen (secondary N) is 1. The lowest BCUT2D eigenvalue weighted by Gasteiger charge is -2.15. The highest BCUT2D eigenvalue weighted by atomic mass is 32.2. The molecular weight excluding hydrogens is 506 g/mol. The summed E-state index contributed by atoms with van der Waals surface area (Å²) in [6.07, 6.45) is 4.47. The minimum absolute atomic E-state index is 0.176. The number of aromatic nitrogens is 4. The first-order valence-electron chi connectivity index (χ1n) is 12.8. The van der Waals surface area contributed by atoms with Crippen molar-refractivity contribution in [1.29, 1.82) is 0 Å². The molecule has 1 atom stereocenters. The average molecular weight is 538 g/mol. The second kappa shape index (κ2) is 10.8. The Bertz CT molecular complexity index is 1480. The Morgan fingerprint density at radius 3 is 2.70 bits per heavy atom. The molecule has 1 aromatic carbocycles. The molecule has 1 aliphatic rings. The summed E-state index contributed by atoms with van der Waals surface area (Å²) in [6.45, 7) is 8.28. The number of rotatable bonds is 8. The number of fused-ring (bicyclic) bond motifs is 4. The molecule has 0 bridgehead atoms. The zero-order valence-electron chi connectivity index (χ0n) is 21.5. The van der Waals surface area contributed by atoms with Crippen LogP contribution >= 0.6 is 23.1 Å². The summed E-state index contributed by atoms with van der Waals surface area (Å²) in [5, 5.41) is 13.5. The van der Waals surface area contributed by atoms with Crippen molar-refractivity contribution in [1.82, 2.24) is 19.7 Å². The van der Waals surface area contributed by atoms with Crippen LogP contribution in [0.3, 0.4) is 0 Å². The lowest BCUT2D eigenvalue weighted by Crippen LogP contribution is -2.25. The summed E-state index contributed by atoms with van der Waals surface area (Å²) in [4.78, 5) is 32.2. The summed E-state index contributed by atoms with van der Waals surface area (Å²) in [6, 6.07) is 8.28. The fourth-order valence-electron chi connectivity index (χ4n) is 4.93. The molecule has 3 heterocycles. The van der Waals surface area contributed by atoms with Crippen LogP contribution < -0.4 is 5.32 Å². The Morgan fingerprint density at radius 1 is 1.16 bits per heavy atom. The van der Waals surface area contributed by atoms with E-state index in [4.69, 9.17) is 9.72 Å². The fraction of sp³-hybridized carbons (Fsp3) is 0.444. The number of ether oxygens (including phenoxy) is 1. The number of anilines is 1. The molecule has 8 nitrogen and oxygen atoms in total. The van der Waals surface area contributed by atoms with Crippen LogP contribution in [0.5, 0.6) is 0 Å². The molecule has 0 saturated carbocycles. The van der Waals surface area contributed by atoms with Gasteiger partial charge < -0.3 is 14.6 Å². The van der Waals surface area contributed by atoms with Crippen LogP contribution in [0, 0.1) is 0 Å². The van der Waals surface area contributed by atoms with Gasteiger partial charge in [0.05, 0.1) is 22.9 Å². The van der Waals surface area contributed by atoms with E-state index in [-0.39, 0.29) is 17.9 Å². The minimum Gasteiger partial charge on any atom is -0.462 e. The molecule has 194 valence electrons. The first-order valence-corrected chi connectivity index (χ1v) is 14.5. The number of hydrogen-bond acceptors (Lipinski definition) is 8. The summed E-state index contributed by atoms with van der Waals surface area (Å²) in [5.41, 5.74) is 4.14. The van der Waals surface area contributed by atoms with Crippen molar-refractivity contribution >= 4 is 62.0 Å². The molecule has 4 aromatic rings. The first-order chi connectivity index (χ1) is 17.9. The third-order valence-corrected chi connectivity index (χ3v) is 9.03. The van der Waals surface area contributed by atoms with Crippen molar-refractivity contribution in [2.75, 3.05) is 11.9 Å². The summed E-state index contributed by atoms with van der Waals surface area (Å²) in [7, 11) is 0. The molecular formula is C27H31N5O3S2. The van der Waals surface area contributed by atoms with E-state index in [1.165, 1.54) is 28.0 Å². The van der Waals surface area contributed by atoms with Crippen LogP contribution in [0.4, 0.5) is 5.00 Å². The highest BCUT2D eigenvalue weighted by Crippen LogP contribution is 2.39. The molecule has 1 amide bonds. The van der Waals surface area contributed by atoms with Gasteiger partial charge in [-0.05, 0) is 64.5 Å². The normalized spacial score (nSPS) is 14.2. The number of carbonyl (C=O) groups is 2. The van der Waals surface area contributed by atoms with Gasteiger partial charge in [0.1, 0.15) is 10.5 Å². The van der Waals surface area contributed by atoms with Crippen molar-refractivity contribution in [3.8, 4) is 0 Å². The zero-order chi connectivity index (χ0) is 26.1. The third kappa shape index (κ3) is 4.84. The van der Waals surface area contributed by atoms with Gasteiger partial charge in [-0.1, -0.05) is 36.9 Å². The molecule has 0 saturated heterocycles. The van der Waals surface area contributed by atoms with Crippen molar-refractivity contribution in [2.24, 2.45) is 0 Å². The summed E-state index contributed by atoms with van der Waals surface area (Å²) in [5.74, 6) is -0.540. The molecule has 37 heavy (non-hydrogen) atoms. The Labute approximate surface area is 224 Å². The number of benzene rings is 1. The molecule has 1 N–H and O–H groups in total. The molecule has 3 aromatic heterocycles. The van der Waals surface area contributed by atoms with E-state index in [1.54, 1.807) is 6.92 Å². The maximum Gasteiger partial charge on any atom is 0.341 e. The van der Waals surface area contributed by atoms with Gasteiger partial charge in [0.15, 0.2) is 5.65 Å². The Balaban J connectivity index is 1.43. The van der Waals surface area contributed by atoms with Crippen LogP contribution in [-0.2, 0) is 22.4 Å². The number of hydrogen-bond donors (Lipinski definition) is 1. The molecule has 0 aliphatic heterocycles. The molecule has 0 fully saturated rings. The van der Waals surface area contributed by atoms with Crippen LogP contribution in [0.1, 0.15) is 73.8 Å². The standard InChI is InChI=1S/C27H31N5O3S2/c1-5-19(24(33)29-25-21(26(34)35-6-2)17-12-8-10-14-20(17)36-25)37-27-28-23-22(30-31-27)16-11-7-9-13-18(16)32(23)15(3)4/h7,9,11,13,15,19H,5-6,8,10,12,14H2,1-4H3,(H,29,33). The molecule has 5 rings (SSSR count). The van der Waals surface area contributed by atoms with Gasteiger partial charge in [0.25, 0.3) is 0 Å². The molecule has 10 heteroatoms. The average Bonchev–Trinajstić information content (AvgIpc) is 3.42. The van der Waals surface area contributed by atoms with E-state index >= 15 is 0 Å². The molecule has 0 spiro atoms. The van der Waals surface area contributed by atoms with Crippen molar-refractivity contribution in [2.45, 2.75) is 76.2 Å². The van der Waals surface area contributed by atoms with Gasteiger partial charge in [0, 0.05) is 16.3 Å². The fourth-order valence-corrected chi connectivity index (χ4v) is 7.03. The largest absolute Gasteiger partial charge is 0.462 e. The number of para-hydroxylation sites is 1. The number of esters is 1. The quantitative estimate of drug-likeness (QED) is 0.211. The van der Waals surface area contributed by atoms with Gasteiger partial charge in [-0.25, -0.2) is 9.78 Å². The monoisotopic (exact) mass is 537 g/mol. The van der Waals surface area contributed by atoms with Crippen molar-refractivity contribution < 1.29 is 14.3 Å². The highest BCUT2D eigenvalue weighted by Gasteiger charge is 2.29. The number of carbonyl (C=O) groups excluding carboxylic acids is 2. The van der Waals surface area contributed by atoms with E-state index in [9.17, 15) is 9.59 Å². The van der Waals surface area contributed by atoms with Crippen molar-refractivity contribution in [3.05, 3.63) is 40.3 Å². The Morgan fingerprint density at radius 2 is 1.95 bits per heavy atom. The van der Waals surface area contributed by atoms with Gasteiger partial charge in [-0.3, -0.25) is 4.79 Å². The third-order valence-electron chi connectivity index (χ3n) is 6.61. The van der Waals surface area contributed by atoms with E-state index in [2.05, 4.69) is 40.0 Å². The number of thiophene rings is 1. The second-order valence-corrected chi connectivity index (χ2v) is 11.7. The number of nitrogens with zero attached hydrogens (tertiary/aromatic N) is 4. The maximum absolute atomic E-state index is 13.4. The van der Waals surface area contributed by atoms with Crippen LogP contribution in [0.25, 0.3) is 22.1 Å².